The lowest BCUT2D eigenvalue weighted by Gasteiger charge is -2.21. The molecule has 1 unspecified atom stereocenters. The summed E-state index contributed by atoms with van der Waals surface area (Å²) in [5.74, 6) is 0.885. The molecule has 0 saturated carbocycles. The average Bonchev–Trinajstić information content (AvgIpc) is 2.95. The van der Waals surface area contributed by atoms with Gasteiger partial charge in [-0.05, 0) is 32.9 Å². The average molecular weight is 300 g/mol. The predicted octanol–water partition coefficient (Wildman–Crippen LogP) is 0.689. The number of likely N-dealkylation sites (tertiary alicyclic amines) is 1. The van der Waals surface area contributed by atoms with Gasteiger partial charge in [0.05, 0.1) is 26.4 Å². The number of aliphatic imine (C=N–C) groups is 1. The molecule has 0 aromatic heterocycles. The van der Waals surface area contributed by atoms with Crippen molar-refractivity contribution in [2.45, 2.75) is 32.7 Å². The van der Waals surface area contributed by atoms with Crippen LogP contribution in [0.4, 0.5) is 0 Å². The standard InChI is InChI=1S/C15H32N4O2/c1-4-16-15(17-8-10-21-12-11-20-3)18-13-14-7-6-9-19(14)5-2/h14H,4-13H2,1-3H3,(H2,16,17,18). The molecule has 1 saturated heterocycles. The molecule has 6 nitrogen and oxygen atoms in total. The van der Waals surface area contributed by atoms with Gasteiger partial charge in [0.25, 0.3) is 0 Å². The summed E-state index contributed by atoms with van der Waals surface area (Å²) in [5, 5.41) is 6.59. The summed E-state index contributed by atoms with van der Waals surface area (Å²) >= 11 is 0. The summed E-state index contributed by atoms with van der Waals surface area (Å²) in [4.78, 5) is 7.21. The van der Waals surface area contributed by atoms with E-state index in [0.717, 1.165) is 32.1 Å². The minimum atomic E-state index is 0.600. The van der Waals surface area contributed by atoms with Crippen molar-refractivity contribution < 1.29 is 9.47 Å². The molecule has 0 aromatic carbocycles. The number of nitrogens with zero attached hydrogens (tertiary/aromatic N) is 2. The van der Waals surface area contributed by atoms with Crippen molar-refractivity contribution in [3.05, 3.63) is 0 Å². The summed E-state index contributed by atoms with van der Waals surface area (Å²) in [6.45, 7) is 11.1. The summed E-state index contributed by atoms with van der Waals surface area (Å²) in [5.41, 5.74) is 0. The van der Waals surface area contributed by atoms with Gasteiger partial charge in [-0.25, -0.2) is 0 Å². The third kappa shape index (κ3) is 7.64. The van der Waals surface area contributed by atoms with Crippen molar-refractivity contribution in [3.8, 4) is 0 Å². The quantitative estimate of drug-likeness (QED) is 0.353. The Labute approximate surface area is 129 Å². The number of rotatable bonds is 10. The van der Waals surface area contributed by atoms with Gasteiger partial charge in [-0.1, -0.05) is 6.92 Å². The van der Waals surface area contributed by atoms with Gasteiger partial charge in [-0.2, -0.15) is 0 Å². The molecule has 1 heterocycles. The van der Waals surface area contributed by atoms with E-state index >= 15 is 0 Å². The SMILES string of the molecule is CCNC(=NCC1CCCN1CC)NCCOCCOC. The molecule has 1 rings (SSSR count). The van der Waals surface area contributed by atoms with Gasteiger partial charge in [-0.15, -0.1) is 0 Å². The van der Waals surface area contributed by atoms with Crippen molar-refractivity contribution in [2.75, 3.05) is 59.7 Å². The second-order valence-electron chi connectivity index (χ2n) is 5.18. The molecule has 21 heavy (non-hydrogen) atoms. The number of methoxy groups -OCH3 is 1. The highest BCUT2D eigenvalue weighted by Crippen LogP contribution is 2.16. The topological polar surface area (TPSA) is 58.1 Å². The Morgan fingerprint density at radius 3 is 2.81 bits per heavy atom. The van der Waals surface area contributed by atoms with Gasteiger partial charge in [0.15, 0.2) is 5.96 Å². The van der Waals surface area contributed by atoms with Crippen LogP contribution in [0.25, 0.3) is 0 Å². The van der Waals surface area contributed by atoms with Crippen LogP contribution in [0, 0.1) is 0 Å². The zero-order valence-corrected chi connectivity index (χ0v) is 13.9. The number of ether oxygens (including phenoxy) is 2. The Morgan fingerprint density at radius 2 is 2.10 bits per heavy atom. The fraction of sp³-hybridized carbons (Fsp3) is 0.933. The molecule has 1 aliphatic rings. The molecule has 0 amide bonds. The molecule has 0 bridgehead atoms. The van der Waals surface area contributed by atoms with Crippen molar-refractivity contribution in [1.29, 1.82) is 0 Å². The van der Waals surface area contributed by atoms with Crippen molar-refractivity contribution in [1.82, 2.24) is 15.5 Å². The van der Waals surface area contributed by atoms with E-state index in [-0.39, 0.29) is 0 Å². The van der Waals surface area contributed by atoms with Crippen LogP contribution in [0.1, 0.15) is 26.7 Å². The Bertz CT molecular complexity index is 287. The summed E-state index contributed by atoms with van der Waals surface area (Å²) < 4.78 is 10.4. The lowest BCUT2D eigenvalue weighted by molar-refractivity contribution is 0.0733. The maximum absolute atomic E-state index is 5.44. The van der Waals surface area contributed by atoms with E-state index in [2.05, 4.69) is 29.4 Å². The lowest BCUT2D eigenvalue weighted by atomic mass is 10.2. The molecule has 6 heteroatoms. The molecule has 0 spiro atoms. The van der Waals surface area contributed by atoms with E-state index in [1.807, 2.05) is 0 Å². The molecule has 0 aromatic rings. The van der Waals surface area contributed by atoms with Gasteiger partial charge in [-0.3, -0.25) is 9.89 Å². The van der Waals surface area contributed by atoms with Crippen LogP contribution < -0.4 is 10.6 Å². The molecular weight excluding hydrogens is 268 g/mol. The first-order chi connectivity index (χ1) is 10.3. The molecule has 0 aliphatic carbocycles. The number of guanidine groups is 1. The van der Waals surface area contributed by atoms with Crippen molar-refractivity contribution in [2.24, 2.45) is 4.99 Å². The third-order valence-corrected chi connectivity index (χ3v) is 3.68. The monoisotopic (exact) mass is 300 g/mol. The number of hydrogen-bond donors (Lipinski definition) is 2. The summed E-state index contributed by atoms with van der Waals surface area (Å²) in [6, 6.07) is 0.600. The van der Waals surface area contributed by atoms with E-state index in [1.54, 1.807) is 7.11 Å². The Hall–Kier alpha value is -0.850. The largest absolute Gasteiger partial charge is 0.382 e. The minimum Gasteiger partial charge on any atom is -0.382 e. The highest BCUT2D eigenvalue weighted by atomic mass is 16.5. The summed E-state index contributed by atoms with van der Waals surface area (Å²) in [7, 11) is 1.68. The minimum absolute atomic E-state index is 0.600. The zero-order valence-electron chi connectivity index (χ0n) is 13.9. The highest BCUT2D eigenvalue weighted by molar-refractivity contribution is 5.79. The molecular formula is C15H32N4O2. The number of nitrogens with one attached hydrogen (secondary N) is 2. The Balaban J connectivity index is 2.25. The predicted molar refractivity (Wildman–Crippen MR) is 86.9 cm³/mol. The first kappa shape index (κ1) is 18.2. The van der Waals surface area contributed by atoms with E-state index in [4.69, 9.17) is 14.5 Å². The molecule has 124 valence electrons. The molecule has 0 radical (unpaired) electrons. The van der Waals surface area contributed by atoms with Gasteiger partial charge < -0.3 is 20.1 Å². The number of likely N-dealkylation sites (N-methyl/N-ethyl adjacent to an activating group) is 1. The van der Waals surface area contributed by atoms with Crippen molar-refractivity contribution >= 4 is 5.96 Å². The van der Waals surface area contributed by atoms with Crippen LogP contribution in [-0.4, -0.2) is 76.6 Å². The Morgan fingerprint density at radius 1 is 1.24 bits per heavy atom. The zero-order chi connectivity index (χ0) is 15.3. The number of hydrogen-bond acceptors (Lipinski definition) is 4. The van der Waals surface area contributed by atoms with E-state index < -0.39 is 0 Å². The third-order valence-electron chi connectivity index (χ3n) is 3.68. The smallest absolute Gasteiger partial charge is 0.191 e. The fourth-order valence-corrected chi connectivity index (χ4v) is 2.54. The first-order valence-corrected chi connectivity index (χ1v) is 8.14. The van der Waals surface area contributed by atoms with Gasteiger partial charge in [0, 0.05) is 26.2 Å². The Kier molecular flexibility index (Phi) is 10.2. The van der Waals surface area contributed by atoms with Crippen LogP contribution in [0.5, 0.6) is 0 Å². The van der Waals surface area contributed by atoms with E-state index in [9.17, 15) is 0 Å². The van der Waals surface area contributed by atoms with E-state index in [0.29, 0.717) is 25.9 Å². The van der Waals surface area contributed by atoms with Gasteiger partial charge >= 0.3 is 0 Å². The second-order valence-corrected chi connectivity index (χ2v) is 5.18. The van der Waals surface area contributed by atoms with Crippen LogP contribution in [0.15, 0.2) is 4.99 Å². The molecule has 1 atom stereocenters. The first-order valence-electron chi connectivity index (χ1n) is 8.14. The lowest BCUT2D eigenvalue weighted by Crippen LogP contribution is -2.40. The maximum atomic E-state index is 5.44. The maximum Gasteiger partial charge on any atom is 0.191 e. The summed E-state index contributed by atoms with van der Waals surface area (Å²) in [6.07, 6.45) is 2.56. The second kappa shape index (κ2) is 11.8. The highest BCUT2D eigenvalue weighted by Gasteiger charge is 2.22. The van der Waals surface area contributed by atoms with Gasteiger partial charge in [0.2, 0.25) is 0 Å². The van der Waals surface area contributed by atoms with Gasteiger partial charge in [0.1, 0.15) is 0 Å². The molecule has 1 fully saturated rings. The molecule has 2 N–H and O–H groups in total. The van der Waals surface area contributed by atoms with Crippen LogP contribution in [0.2, 0.25) is 0 Å². The van der Waals surface area contributed by atoms with E-state index in [1.165, 1.54) is 19.4 Å². The van der Waals surface area contributed by atoms with Crippen LogP contribution >= 0.6 is 0 Å². The molecule has 1 aliphatic heterocycles. The fourth-order valence-electron chi connectivity index (χ4n) is 2.54. The van der Waals surface area contributed by atoms with Crippen LogP contribution in [0.3, 0.4) is 0 Å². The normalized spacial score (nSPS) is 20.0. The van der Waals surface area contributed by atoms with Crippen LogP contribution in [-0.2, 0) is 9.47 Å². The van der Waals surface area contributed by atoms with Crippen molar-refractivity contribution in [3.63, 3.8) is 0 Å².